The first kappa shape index (κ1) is 46.9. The maximum absolute atomic E-state index is 11.8. The van der Waals surface area contributed by atoms with Gasteiger partial charge in [-0.15, -0.1) is 0 Å². The zero-order chi connectivity index (χ0) is 35.5. The van der Waals surface area contributed by atoms with Crippen molar-refractivity contribution in [2.45, 2.75) is 244 Å². The van der Waals surface area contributed by atoms with Crippen LogP contribution in [0.5, 0.6) is 0 Å². The lowest BCUT2D eigenvalue weighted by molar-refractivity contribution is -0.143. The molecule has 48 heavy (non-hydrogen) atoms. The van der Waals surface area contributed by atoms with Gasteiger partial charge in [0.15, 0.2) is 0 Å². The van der Waals surface area contributed by atoms with Crippen LogP contribution in [0.15, 0.2) is 0 Å². The quantitative estimate of drug-likeness (QED) is 0.0480. The van der Waals surface area contributed by atoms with Crippen molar-refractivity contribution in [2.24, 2.45) is 11.8 Å². The fraction of sp³-hybridized carbons (Fsp3) is 0.952. The summed E-state index contributed by atoms with van der Waals surface area (Å²) in [6, 6.07) is 0. The van der Waals surface area contributed by atoms with Gasteiger partial charge in [-0.3, -0.25) is 9.59 Å². The van der Waals surface area contributed by atoms with E-state index in [1.165, 1.54) is 64.2 Å². The summed E-state index contributed by atoms with van der Waals surface area (Å²) in [6.45, 7) is 4.47. The Morgan fingerprint density at radius 1 is 0.333 bits per heavy atom. The Balaban J connectivity index is 3.79. The van der Waals surface area contributed by atoms with Crippen LogP contribution >= 0.6 is 0 Å². The van der Waals surface area contributed by atoms with Crippen LogP contribution in [0, 0.1) is 11.8 Å². The zero-order valence-electron chi connectivity index (χ0n) is 32.0. The number of aliphatic hydroxyl groups is 2. The molecule has 4 unspecified atom stereocenters. The van der Waals surface area contributed by atoms with Crippen LogP contribution in [0.2, 0.25) is 0 Å². The first-order valence-corrected chi connectivity index (χ1v) is 21.1. The average molecular weight is 683 g/mol. The van der Waals surface area contributed by atoms with Gasteiger partial charge in [0, 0.05) is 0 Å². The van der Waals surface area contributed by atoms with E-state index in [9.17, 15) is 30.0 Å². The van der Waals surface area contributed by atoms with Crippen molar-refractivity contribution >= 4 is 11.9 Å². The maximum atomic E-state index is 11.8. The number of carboxylic acid groups (broad SMARTS) is 2. The topological polar surface area (TPSA) is 115 Å². The molecule has 286 valence electrons. The molecule has 6 heteroatoms. The summed E-state index contributed by atoms with van der Waals surface area (Å²) in [6.07, 6.45) is 35.8. The van der Waals surface area contributed by atoms with E-state index in [-0.39, 0.29) is 24.0 Å². The number of hydrogen-bond acceptors (Lipinski definition) is 4. The monoisotopic (exact) mass is 683 g/mol. The Morgan fingerprint density at radius 2 is 0.521 bits per heavy atom. The van der Waals surface area contributed by atoms with Crippen LogP contribution in [0.3, 0.4) is 0 Å². The predicted octanol–water partition coefficient (Wildman–Crippen LogP) is 12.4. The van der Waals surface area contributed by atoms with E-state index in [0.717, 1.165) is 154 Å². The molecule has 6 nitrogen and oxygen atoms in total. The fourth-order valence-electron chi connectivity index (χ4n) is 7.13. The predicted molar refractivity (Wildman–Crippen MR) is 203 cm³/mol. The molecule has 4 N–H and O–H groups in total. The molecule has 0 aromatic rings. The van der Waals surface area contributed by atoms with Gasteiger partial charge in [-0.2, -0.15) is 0 Å². The standard InChI is InChI=1S/C42H82O6/c1-3-5-7-9-15-25-33-39(43)35-27-17-11-13-21-29-37(41(45)46)31-23-19-20-24-32-38(42(47)48)30-22-14-12-18-28-36-40(44)34-26-16-10-8-6-4-2/h37-40,43-44H,3-36H2,1-2H3,(H,45,46)(H,47,48). The lowest BCUT2D eigenvalue weighted by atomic mass is 9.92. The SMILES string of the molecule is CCCCCCCCC(O)CCCCCCCC(CCCCCCC(CCCCCCCC(O)CCCCCCCC)C(=O)O)C(=O)O. The van der Waals surface area contributed by atoms with E-state index >= 15 is 0 Å². The van der Waals surface area contributed by atoms with Crippen molar-refractivity contribution in [3.05, 3.63) is 0 Å². The van der Waals surface area contributed by atoms with Crippen LogP contribution in [0.1, 0.15) is 232 Å². The molecule has 4 atom stereocenters. The Morgan fingerprint density at radius 3 is 0.729 bits per heavy atom. The maximum Gasteiger partial charge on any atom is 0.306 e. The highest BCUT2D eigenvalue weighted by atomic mass is 16.4. The van der Waals surface area contributed by atoms with Crippen LogP contribution in [0.25, 0.3) is 0 Å². The highest BCUT2D eigenvalue weighted by Gasteiger charge is 2.18. The number of carbonyl (C=O) groups is 2. The molecular formula is C42H82O6. The molecule has 0 heterocycles. The Kier molecular flexibility index (Phi) is 34.8. The van der Waals surface area contributed by atoms with Crippen molar-refractivity contribution in [3.63, 3.8) is 0 Å². The van der Waals surface area contributed by atoms with E-state index in [4.69, 9.17) is 0 Å². The molecule has 0 fully saturated rings. The van der Waals surface area contributed by atoms with Crippen molar-refractivity contribution < 1.29 is 30.0 Å². The molecular weight excluding hydrogens is 600 g/mol. The van der Waals surface area contributed by atoms with E-state index < -0.39 is 11.9 Å². The second kappa shape index (κ2) is 35.7. The zero-order valence-corrected chi connectivity index (χ0v) is 32.0. The Labute approximate surface area is 297 Å². The van der Waals surface area contributed by atoms with Crippen molar-refractivity contribution in [1.82, 2.24) is 0 Å². The molecule has 0 radical (unpaired) electrons. The van der Waals surface area contributed by atoms with Crippen molar-refractivity contribution in [2.75, 3.05) is 0 Å². The minimum absolute atomic E-state index is 0.159. The normalized spacial score (nSPS) is 14.2. The van der Waals surface area contributed by atoms with Gasteiger partial charge in [0.2, 0.25) is 0 Å². The van der Waals surface area contributed by atoms with Gasteiger partial charge in [0.05, 0.1) is 24.0 Å². The van der Waals surface area contributed by atoms with E-state index in [0.29, 0.717) is 0 Å². The number of aliphatic carboxylic acids is 2. The molecule has 0 aromatic carbocycles. The third kappa shape index (κ3) is 32.1. The molecule has 0 aliphatic carbocycles. The third-order valence-corrected chi connectivity index (χ3v) is 10.5. The van der Waals surface area contributed by atoms with Gasteiger partial charge in [-0.25, -0.2) is 0 Å². The molecule has 0 saturated carbocycles. The van der Waals surface area contributed by atoms with Crippen LogP contribution in [0.4, 0.5) is 0 Å². The van der Waals surface area contributed by atoms with E-state index in [2.05, 4.69) is 13.8 Å². The highest BCUT2D eigenvalue weighted by Crippen LogP contribution is 2.23. The van der Waals surface area contributed by atoms with Gasteiger partial charge >= 0.3 is 11.9 Å². The number of aliphatic hydroxyl groups excluding tert-OH is 2. The second-order valence-corrected chi connectivity index (χ2v) is 15.2. The largest absolute Gasteiger partial charge is 0.481 e. The lowest BCUT2D eigenvalue weighted by Crippen LogP contribution is -2.14. The summed E-state index contributed by atoms with van der Waals surface area (Å²) in [7, 11) is 0. The summed E-state index contributed by atoms with van der Waals surface area (Å²) in [5.41, 5.74) is 0. The molecule has 0 spiro atoms. The number of hydrogen-bond donors (Lipinski definition) is 4. The molecule has 0 amide bonds. The number of carboxylic acids is 2. The van der Waals surface area contributed by atoms with Crippen LogP contribution in [-0.4, -0.2) is 44.6 Å². The smallest absolute Gasteiger partial charge is 0.306 e. The van der Waals surface area contributed by atoms with Crippen molar-refractivity contribution in [1.29, 1.82) is 0 Å². The molecule has 0 saturated heterocycles. The lowest BCUT2D eigenvalue weighted by Gasteiger charge is -2.14. The summed E-state index contributed by atoms with van der Waals surface area (Å²) < 4.78 is 0. The second-order valence-electron chi connectivity index (χ2n) is 15.2. The summed E-state index contributed by atoms with van der Waals surface area (Å²) in [5.74, 6) is -1.88. The fourth-order valence-corrected chi connectivity index (χ4v) is 7.13. The molecule has 0 bridgehead atoms. The third-order valence-electron chi connectivity index (χ3n) is 10.5. The highest BCUT2D eigenvalue weighted by molar-refractivity contribution is 5.70. The van der Waals surface area contributed by atoms with E-state index in [1.807, 2.05) is 0 Å². The van der Waals surface area contributed by atoms with Gasteiger partial charge in [0.1, 0.15) is 0 Å². The molecule has 0 rings (SSSR count). The summed E-state index contributed by atoms with van der Waals surface area (Å²) in [5, 5.41) is 39.7. The van der Waals surface area contributed by atoms with Crippen LogP contribution < -0.4 is 0 Å². The van der Waals surface area contributed by atoms with Gasteiger partial charge < -0.3 is 20.4 Å². The first-order chi connectivity index (χ1) is 23.3. The van der Waals surface area contributed by atoms with Gasteiger partial charge in [0.25, 0.3) is 0 Å². The number of rotatable bonds is 39. The van der Waals surface area contributed by atoms with E-state index in [1.54, 1.807) is 0 Å². The first-order valence-electron chi connectivity index (χ1n) is 21.1. The Hall–Kier alpha value is -1.14. The Bertz CT molecular complexity index is 640. The molecule has 0 aliphatic heterocycles. The van der Waals surface area contributed by atoms with Gasteiger partial charge in [-0.1, -0.05) is 181 Å². The number of unbranched alkanes of at least 4 members (excludes halogenated alkanes) is 21. The molecule has 0 aromatic heterocycles. The molecule has 0 aliphatic rings. The summed E-state index contributed by atoms with van der Waals surface area (Å²) in [4.78, 5) is 23.5. The minimum atomic E-state index is -0.678. The van der Waals surface area contributed by atoms with Gasteiger partial charge in [-0.05, 0) is 51.4 Å². The summed E-state index contributed by atoms with van der Waals surface area (Å²) >= 11 is 0. The average Bonchev–Trinajstić information content (AvgIpc) is 3.06. The van der Waals surface area contributed by atoms with Crippen molar-refractivity contribution in [3.8, 4) is 0 Å². The minimum Gasteiger partial charge on any atom is -0.481 e. The van der Waals surface area contributed by atoms with Crippen LogP contribution in [-0.2, 0) is 9.59 Å².